The Morgan fingerprint density at radius 3 is 2.42 bits per heavy atom. The van der Waals surface area contributed by atoms with E-state index in [-0.39, 0.29) is 0 Å². The minimum atomic E-state index is 0.427. The summed E-state index contributed by atoms with van der Waals surface area (Å²) in [5, 5.41) is 3.80. The lowest BCUT2D eigenvalue weighted by atomic mass is 9.92. The number of hydrogen-bond donors (Lipinski definition) is 1. The topological polar surface area (TPSA) is 12.0 Å². The molecule has 1 N–H and O–H groups in total. The second-order valence-electron chi connectivity index (χ2n) is 5.98. The molecule has 0 spiro atoms. The van der Waals surface area contributed by atoms with Gasteiger partial charge >= 0.3 is 0 Å². The summed E-state index contributed by atoms with van der Waals surface area (Å²) in [6.07, 6.45) is 8.51. The smallest absolute Gasteiger partial charge is 0.0294 e. The summed E-state index contributed by atoms with van der Waals surface area (Å²) in [5.41, 5.74) is 1.37. The molecule has 1 unspecified atom stereocenters. The first-order valence-electron chi connectivity index (χ1n) is 7.68. The van der Waals surface area contributed by atoms with Gasteiger partial charge in [0.15, 0.2) is 0 Å². The zero-order valence-electron chi connectivity index (χ0n) is 12.2. The minimum Gasteiger partial charge on any atom is -0.307 e. The van der Waals surface area contributed by atoms with E-state index in [1.165, 1.54) is 48.6 Å². The molecule has 1 saturated carbocycles. The van der Waals surface area contributed by atoms with Crippen molar-refractivity contribution in [1.82, 2.24) is 5.32 Å². The van der Waals surface area contributed by atoms with Crippen LogP contribution < -0.4 is 5.32 Å². The Bertz CT molecular complexity index is 383. The van der Waals surface area contributed by atoms with Crippen molar-refractivity contribution in [2.45, 2.75) is 64.5 Å². The van der Waals surface area contributed by atoms with Gasteiger partial charge in [-0.15, -0.1) is 0 Å². The van der Waals surface area contributed by atoms with Crippen LogP contribution in [0.1, 0.15) is 64.0 Å². The molecule has 0 bridgehead atoms. The van der Waals surface area contributed by atoms with Gasteiger partial charge in [0.05, 0.1) is 0 Å². The van der Waals surface area contributed by atoms with Crippen LogP contribution in [0.25, 0.3) is 0 Å². The van der Waals surface area contributed by atoms with Gasteiger partial charge in [-0.2, -0.15) is 0 Å². The minimum absolute atomic E-state index is 0.427. The maximum atomic E-state index is 3.80. The summed E-state index contributed by atoms with van der Waals surface area (Å²) in [7, 11) is 0. The molecule has 1 aliphatic rings. The SMILES string of the molecule is CC(N[C@H](C)C1CCCCCC1)c1cccc(Br)c1. The van der Waals surface area contributed by atoms with Crippen molar-refractivity contribution in [3.8, 4) is 0 Å². The molecule has 0 aromatic heterocycles. The van der Waals surface area contributed by atoms with Crippen LogP contribution in [0.3, 0.4) is 0 Å². The Kier molecular flexibility index (Phi) is 5.90. The number of hydrogen-bond acceptors (Lipinski definition) is 1. The fraction of sp³-hybridized carbons (Fsp3) is 0.647. The highest BCUT2D eigenvalue weighted by atomic mass is 79.9. The highest BCUT2D eigenvalue weighted by Crippen LogP contribution is 2.27. The van der Waals surface area contributed by atoms with E-state index in [0.29, 0.717) is 12.1 Å². The van der Waals surface area contributed by atoms with Crippen LogP contribution in [-0.4, -0.2) is 6.04 Å². The maximum Gasteiger partial charge on any atom is 0.0294 e. The largest absolute Gasteiger partial charge is 0.307 e. The molecule has 1 aliphatic carbocycles. The van der Waals surface area contributed by atoms with E-state index in [1.54, 1.807) is 0 Å². The Hall–Kier alpha value is -0.340. The van der Waals surface area contributed by atoms with Crippen LogP contribution in [0.5, 0.6) is 0 Å². The molecule has 0 radical (unpaired) electrons. The Morgan fingerprint density at radius 2 is 1.79 bits per heavy atom. The molecule has 2 heteroatoms. The molecule has 19 heavy (non-hydrogen) atoms. The fourth-order valence-electron chi connectivity index (χ4n) is 3.21. The summed E-state index contributed by atoms with van der Waals surface area (Å²) < 4.78 is 1.17. The molecular weight excluding hydrogens is 298 g/mol. The third kappa shape index (κ3) is 4.61. The third-order valence-corrected chi connectivity index (χ3v) is 4.96. The molecule has 0 amide bonds. The van der Waals surface area contributed by atoms with Gasteiger partial charge in [0.25, 0.3) is 0 Å². The summed E-state index contributed by atoms with van der Waals surface area (Å²) in [5.74, 6) is 0.858. The summed E-state index contributed by atoms with van der Waals surface area (Å²) in [4.78, 5) is 0. The Balaban J connectivity index is 1.92. The van der Waals surface area contributed by atoms with Crippen LogP contribution in [-0.2, 0) is 0 Å². The first-order valence-corrected chi connectivity index (χ1v) is 8.47. The normalized spacial score (nSPS) is 20.8. The molecule has 2 rings (SSSR count). The van der Waals surface area contributed by atoms with Crippen LogP contribution in [0, 0.1) is 5.92 Å². The lowest BCUT2D eigenvalue weighted by Gasteiger charge is -2.27. The van der Waals surface area contributed by atoms with Gasteiger partial charge in [0.1, 0.15) is 0 Å². The lowest BCUT2D eigenvalue weighted by molar-refractivity contribution is 0.316. The van der Waals surface area contributed by atoms with Gasteiger partial charge in [0.2, 0.25) is 0 Å². The van der Waals surface area contributed by atoms with Crippen molar-refractivity contribution in [3.05, 3.63) is 34.3 Å². The van der Waals surface area contributed by atoms with Gasteiger partial charge in [-0.05, 0) is 50.3 Å². The first-order chi connectivity index (χ1) is 9.16. The second-order valence-corrected chi connectivity index (χ2v) is 6.90. The molecule has 1 fully saturated rings. The Morgan fingerprint density at radius 1 is 1.11 bits per heavy atom. The second kappa shape index (κ2) is 7.44. The standard InChI is InChI=1S/C17H26BrN/c1-13(15-8-5-3-4-6-9-15)19-14(2)16-10-7-11-17(18)12-16/h7,10-15,19H,3-6,8-9H2,1-2H3/t13-,14?/m1/s1. The molecule has 2 atom stereocenters. The fourth-order valence-corrected chi connectivity index (χ4v) is 3.63. The molecule has 0 heterocycles. The van der Waals surface area contributed by atoms with E-state index in [2.05, 4.69) is 59.4 Å². The average molecular weight is 324 g/mol. The van der Waals surface area contributed by atoms with Crippen molar-refractivity contribution in [2.24, 2.45) is 5.92 Å². The highest BCUT2D eigenvalue weighted by Gasteiger charge is 2.20. The average Bonchev–Trinajstić information content (AvgIpc) is 2.67. The van der Waals surface area contributed by atoms with Crippen molar-refractivity contribution in [1.29, 1.82) is 0 Å². The van der Waals surface area contributed by atoms with Gasteiger partial charge in [-0.1, -0.05) is 53.7 Å². The van der Waals surface area contributed by atoms with Crippen molar-refractivity contribution in [2.75, 3.05) is 0 Å². The quantitative estimate of drug-likeness (QED) is 0.725. The van der Waals surface area contributed by atoms with E-state index >= 15 is 0 Å². The van der Waals surface area contributed by atoms with Crippen molar-refractivity contribution in [3.63, 3.8) is 0 Å². The predicted molar refractivity (Wildman–Crippen MR) is 86.3 cm³/mol. The van der Waals surface area contributed by atoms with E-state index in [9.17, 15) is 0 Å². The maximum absolute atomic E-state index is 3.80. The van der Waals surface area contributed by atoms with Gasteiger partial charge in [-0.25, -0.2) is 0 Å². The predicted octanol–water partition coefficient (Wildman–Crippen LogP) is 5.46. The van der Waals surface area contributed by atoms with E-state index in [4.69, 9.17) is 0 Å². The zero-order valence-corrected chi connectivity index (χ0v) is 13.7. The molecule has 0 saturated heterocycles. The van der Waals surface area contributed by atoms with E-state index < -0.39 is 0 Å². The van der Waals surface area contributed by atoms with Gasteiger partial charge in [-0.3, -0.25) is 0 Å². The number of rotatable bonds is 4. The number of benzene rings is 1. The van der Waals surface area contributed by atoms with E-state index in [0.717, 1.165) is 5.92 Å². The molecular formula is C17H26BrN. The summed E-state index contributed by atoms with van der Waals surface area (Å²) in [6.45, 7) is 4.64. The molecule has 1 nitrogen and oxygen atoms in total. The van der Waals surface area contributed by atoms with Crippen LogP contribution in [0.4, 0.5) is 0 Å². The van der Waals surface area contributed by atoms with Crippen LogP contribution >= 0.6 is 15.9 Å². The van der Waals surface area contributed by atoms with Crippen molar-refractivity contribution >= 4 is 15.9 Å². The molecule has 106 valence electrons. The summed E-state index contributed by atoms with van der Waals surface area (Å²) >= 11 is 3.56. The molecule has 1 aromatic carbocycles. The third-order valence-electron chi connectivity index (χ3n) is 4.47. The van der Waals surface area contributed by atoms with Gasteiger partial charge < -0.3 is 5.32 Å². The molecule has 1 aromatic rings. The first kappa shape index (κ1) is 15.1. The lowest BCUT2D eigenvalue weighted by Crippen LogP contribution is -2.35. The highest BCUT2D eigenvalue weighted by molar-refractivity contribution is 9.10. The van der Waals surface area contributed by atoms with Crippen molar-refractivity contribution < 1.29 is 0 Å². The zero-order chi connectivity index (χ0) is 13.7. The number of nitrogens with one attached hydrogen (secondary N) is 1. The summed E-state index contributed by atoms with van der Waals surface area (Å²) in [6, 6.07) is 9.68. The number of halogens is 1. The van der Waals surface area contributed by atoms with Gasteiger partial charge in [0, 0.05) is 16.6 Å². The van der Waals surface area contributed by atoms with Crippen LogP contribution in [0.15, 0.2) is 28.7 Å². The van der Waals surface area contributed by atoms with Crippen LogP contribution in [0.2, 0.25) is 0 Å². The molecule has 0 aliphatic heterocycles. The van der Waals surface area contributed by atoms with E-state index in [1.807, 2.05) is 0 Å². The Labute approximate surface area is 126 Å². The monoisotopic (exact) mass is 323 g/mol.